The molecule has 3 atom stereocenters. The maximum Gasteiger partial charge on any atom is 0.253 e. The van der Waals surface area contributed by atoms with Gasteiger partial charge >= 0.3 is 0 Å². The van der Waals surface area contributed by atoms with Gasteiger partial charge in [-0.15, -0.1) is 0 Å². The van der Waals surface area contributed by atoms with Gasteiger partial charge in [0.2, 0.25) is 5.91 Å². The fourth-order valence-corrected chi connectivity index (χ4v) is 4.09. The average molecular weight is 536 g/mol. The van der Waals surface area contributed by atoms with Gasteiger partial charge in [0.1, 0.15) is 23.8 Å². The number of benzene rings is 2. The van der Waals surface area contributed by atoms with E-state index in [4.69, 9.17) is 10.5 Å². The highest BCUT2D eigenvalue weighted by Gasteiger charge is 2.29. The Balaban J connectivity index is 2.44. The molecule has 0 fully saturated rings. The van der Waals surface area contributed by atoms with Gasteiger partial charge in [-0.2, -0.15) is 0 Å². The van der Waals surface area contributed by atoms with Gasteiger partial charge in [-0.05, 0) is 55.2 Å². The first-order chi connectivity index (χ1) is 18.0. The molecule has 5 N–H and O–H groups in total. The quantitative estimate of drug-likeness (QED) is 0.292. The van der Waals surface area contributed by atoms with Crippen LogP contribution in [0.25, 0.3) is 0 Å². The first-order valence-corrected chi connectivity index (χ1v) is 12.4. The lowest BCUT2D eigenvalue weighted by Gasteiger charge is -2.28. The predicted octanol–water partition coefficient (Wildman–Crippen LogP) is 2.04. The largest absolute Gasteiger partial charge is 0.388 e. The van der Waals surface area contributed by atoms with E-state index in [2.05, 4.69) is 5.32 Å². The van der Waals surface area contributed by atoms with E-state index in [1.54, 1.807) is 4.90 Å². The molecular formula is C27H35F2N3O6. The minimum atomic E-state index is -1.59. The number of halogens is 2. The molecule has 0 spiro atoms. The summed E-state index contributed by atoms with van der Waals surface area (Å²) >= 11 is 0. The molecule has 2 aromatic carbocycles. The fraction of sp³-hybridized carbons (Fsp3) is 0.444. The smallest absolute Gasteiger partial charge is 0.253 e. The Morgan fingerprint density at radius 3 is 2.03 bits per heavy atom. The van der Waals surface area contributed by atoms with Crippen molar-refractivity contribution in [1.82, 2.24) is 10.2 Å². The summed E-state index contributed by atoms with van der Waals surface area (Å²) in [5, 5.41) is 23.5. The molecule has 0 saturated heterocycles. The molecule has 38 heavy (non-hydrogen) atoms. The number of ether oxygens (including phenoxy) is 1. The van der Waals surface area contributed by atoms with Crippen LogP contribution in [0.3, 0.4) is 0 Å². The second-order valence-corrected chi connectivity index (χ2v) is 9.03. The number of aliphatic hydroxyl groups excluding tert-OH is 2. The van der Waals surface area contributed by atoms with Gasteiger partial charge in [0.15, 0.2) is 0 Å². The van der Waals surface area contributed by atoms with Gasteiger partial charge in [0.05, 0.1) is 12.6 Å². The van der Waals surface area contributed by atoms with E-state index in [-0.39, 0.29) is 41.2 Å². The molecule has 0 heterocycles. The van der Waals surface area contributed by atoms with Gasteiger partial charge in [0, 0.05) is 43.0 Å². The molecule has 0 saturated carbocycles. The van der Waals surface area contributed by atoms with E-state index >= 15 is 0 Å². The number of aliphatic hydroxyl groups is 2. The molecule has 0 bridgehead atoms. The Kier molecular flexibility index (Phi) is 11.8. The molecular weight excluding hydrogens is 500 g/mol. The number of amides is 3. The third-order valence-electron chi connectivity index (χ3n) is 5.84. The summed E-state index contributed by atoms with van der Waals surface area (Å²) in [5.41, 5.74) is 5.48. The van der Waals surface area contributed by atoms with Crippen molar-refractivity contribution >= 4 is 17.7 Å². The minimum Gasteiger partial charge on any atom is -0.388 e. The van der Waals surface area contributed by atoms with Crippen LogP contribution >= 0.6 is 0 Å². The molecule has 208 valence electrons. The lowest BCUT2D eigenvalue weighted by Crippen LogP contribution is -2.51. The number of rotatable bonds is 14. The molecule has 0 aromatic heterocycles. The van der Waals surface area contributed by atoms with Crippen LogP contribution in [0.4, 0.5) is 8.78 Å². The maximum absolute atomic E-state index is 13.8. The van der Waals surface area contributed by atoms with E-state index in [0.29, 0.717) is 32.0 Å². The zero-order chi connectivity index (χ0) is 28.4. The maximum atomic E-state index is 13.8. The molecule has 2 rings (SSSR count). The average Bonchev–Trinajstić information content (AvgIpc) is 2.86. The molecule has 0 radical (unpaired) electrons. The molecule has 3 amide bonds. The minimum absolute atomic E-state index is 0.0716. The first kappa shape index (κ1) is 30.8. The number of methoxy groups -OCH3 is 1. The van der Waals surface area contributed by atoms with Crippen LogP contribution < -0.4 is 11.1 Å². The molecule has 0 aliphatic heterocycles. The zero-order valence-electron chi connectivity index (χ0n) is 21.7. The standard InChI is InChI=1S/C27H35F2N3O6/c1-4-6-32(7-5-2)27(37)19-12-17(25(30)35)11-18(13-19)26(36)31-22(24(34)23(33)15-38-3)10-16-8-20(28)14-21(29)9-16/h8-9,11-14,22-24,33-34H,4-7,10,15H2,1-3H3,(H2,30,35)(H,31,36). The van der Waals surface area contributed by atoms with E-state index < -0.39 is 41.7 Å². The Hall–Kier alpha value is -3.41. The van der Waals surface area contributed by atoms with Crippen LogP contribution in [0.5, 0.6) is 0 Å². The highest BCUT2D eigenvalue weighted by molar-refractivity contribution is 6.04. The van der Waals surface area contributed by atoms with Crippen LogP contribution in [-0.2, 0) is 11.2 Å². The van der Waals surface area contributed by atoms with Crippen molar-refractivity contribution in [3.63, 3.8) is 0 Å². The zero-order valence-corrected chi connectivity index (χ0v) is 21.7. The topological polar surface area (TPSA) is 142 Å². The third kappa shape index (κ3) is 8.57. The van der Waals surface area contributed by atoms with Gasteiger partial charge in [0.25, 0.3) is 11.8 Å². The van der Waals surface area contributed by atoms with Crippen LogP contribution in [0, 0.1) is 11.6 Å². The number of hydrogen-bond acceptors (Lipinski definition) is 6. The Morgan fingerprint density at radius 2 is 1.50 bits per heavy atom. The van der Waals surface area contributed by atoms with Crippen molar-refractivity contribution in [2.24, 2.45) is 5.73 Å². The number of carbonyl (C=O) groups is 3. The van der Waals surface area contributed by atoms with Crippen LogP contribution in [0.2, 0.25) is 0 Å². The first-order valence-electron chi connectivity index (χ1n) is 12.4. The van der Waals surface area contributed by atoms with Gasteiger partial charge < -0.3 is 30.9 Å². The van der Waals surface area contributed by atoms with Crippen molar-refractivity contribution < 1.29 is 38.1 Å². The van der Waals surface area contributed by atoms with Gasteiger partial charge in [-0.3, -0.25) is 14.4 Å². The second kappa shape index (κ2) is 14.5. The summed E-state index contributed by atoms with van der Waals surface area (Å²) in [6.07, 6.45) is -1.86. The lowest BCUT2D eigenvalue weighted by atomic mass is 9.96. The van der Waals surface area contributed by atoms with E-state index in [9.17, 15) is 33.4 Å². The SMILES string of the molecule is CCCN(CCC)C(=O)c1cc(C(N)=O)cc(C(=O)NC(Cc2cc(F)cc(F)c2)C(O)C(O)COC)c1. The normalized spacial score (nSPS) is 13.4. The lowest BCUT2D eigenvalue weighted by molar-refractivity contribution is -0.0407. The number of primary amides is 1. The van der Waals surface area contributed by atoms with Crippen molar-refractivity contribution in [1.29, 1.82) is 0 Å². The van der Waals surface area contributed by atoms with Gasteiger partial charge in [-0.1, -0.05) is 13.8 Å². The summed E-state index contributed by atoms with van der Waals surface area (Å²) in [6.45, 7) is 4.52. The fourth-order valence-electron chi connectivity index (χ4n) is 4.09. The highest BCUT2D eigenvalue weighted by Crippen LogP contribution is 2.17. The summed E-state index contributed by atoms with van der Waals surface area (Å²) in [4.78, 5) is 40.0. The summed E-state index contributed by atoms with van der Waals surface area (Å²) < 4.78 is 32.4. The molecule has 3 unspecified atom stereocenters. The Morgan fingerprint density at radius 1 is 0.947 bits per heavy atom. The number of carbonyl (C=O) groups excluding carboxylic acids is 3. The summed E-state index contributed by atoms with van der Waals surface area (Å²) in [6, 6.07) is 5.36. The van der Waals surface area contributed by atoms with Crippen molar-refractivity contribution in [3.8, 4) is 0 Å². The van der Waals surface area contributed by atoms with Crippen molar-refractivity contribution in [3.05, 3.63) is 70.3 Å². The number of hydrogen-bond donors (Lipinski definition) is 4. The molecule has 2 aromatic rings. The monoisotopic (exact) mass is 535 g/mol. The molecule has 0 aliphatic carbocycles. The molecule has 0 aliphatic rings. The highest BCUT2D eigenvalue weighted by atomic mass is 19.1. The summed E-state index contributed by atoms with van der Waals surface area (Å²) in [7, 11) is 1.31. The van der Waals surface area contributed by atoms with Crippen LogP contribution in [0.15, 0.2) is 36.4 Å². The molecule has 11 heteroatoms. The van der Waals surface area contributed by atoms with E-state index in [1.807, 2.05) is 13.8 Å². The van der Waals surface area contributed by atoms with E-state index in [1.165, 1.54) is 25.3 Å². The number of nitrogens with two attached hydrogens (primary N) is 1. The van der Waals surface area contributed by atoms with Crippen molar-refractivity contribution in [2.75, 3.05) is 26.8 Å². The van der Waals surface area contributed by atoms with E-state index in [0.717, 1.165) is 12.1 Å². The number of nitrogens with zero attached hydrogens (tertiary/aromatic N) is 1. The molecule has 9 nitrogen and oxygen atoms in total. The van der Waals surface area contributed by atoms with Crippen molar-refractivity contribution in [2.45, 2.75) is 51.4 Å². The van der Waals surface area contributed by atoms with Gasteiger partial charge in [-0.25, -0.2) is 8.78 Å². The Bertz CT molecular complexity index is 1100. The Labute approximate surface area is 220 Å². The van der Waals surface area contributed by atoms with Crippen LogP contribution in [-0.4, -0.2) is 77.9 Å². The van der Waals surface area contributed by atoms with Crippen LogP contribution in [0.1, 0.15) is 63.3 Å². The second-order valence-electron chi connectivity index (χ2n) is 9.03. The third-order valence-corrected chi connectivity index (χ3v) is 5.84. The summed E-state index contributed by atoms with van der Waals surface area (Å²) in [5.74, 6) is -3.73. The predicted molar refractivity (Wildman–Crippen MR) is 137 cm³/mol. The number of nitrogens with one attached hydrogen (secondary N) is 1.